The van der Waals surface area contributed by atoms with Crippen molar-refractivity contribution in [3.05, 3.63) is 65.7 Å². The Bertz CT molecular complexity index is 892. The molecular formula is C22H21NO4. The summed E-state index contributed by atoms with van der Waals surface area (Å²) in [5.74, 6) is 1.59. The van der Waals surface area contributed by atoms with Crippen molar-refractivity contribution in [3.8, 4) is 11.5 Å². The highest BCUT2D eigenvalue weighted by molar-refractivity contribution is 5.75. The molecule has 0 aliphatic carbocycles. The third-order valence-corrected chi connectivity index (χ3v) is 5.55. The molecule has 0 spiro atoms. The van der Waals surface area contributed by atoms with Gasteiger partial charge < -0.3 is 14.2 Å². The highest BCUT2D eigenvalue weighted by atomic mass is 16.7. The second-order valence-electron chi connectivity index (χ2n) is 7.21. The Labute approximate surface area is 158 Å². The van der Waals surface area contributed by atoms with Crippen LogP contribution in [0.3, 0.4) is 0 Å². The van der Waals surface area contributed by atoms with Gasteiger partial charge in [0.05, 0.1) is 6.04 Å². The van der Waals surface area contributed by atoms with E-state index in [9.17, 15) is 4.79 Å². The van der Waals surface area contributed by atoms with Crippen LogP contribution in [0.25, 0.3) is 5.57 Å². The molecule has 0 radical (unpaired) electrons. The number of rotatable bonds is 3. The lowest BCUT2D eigenvalue weighted by Crippen LogP contribution is -2.43. The van der Waals surface area contributed by atoms with Crippen LogP contribution in [0.4, 0.5) is 4.79 Å². The van der Waals surface area contributed by atoms with Crippen molar-refractivity contribution in [1.29, 1.82) is 0 Å². The normalized spacial score (nSPS) is 22.5. The molecule has 3 aliphatic heterocycles. The highest BCUT2D eigenvalue weighted by Gasteiger charge is 2.40. The average Bonchev–Trinajstić information content (AvgIpc) is 3.28. The maximum absolute atomic E-state index is 12.7. The number of carbonyl (C=O) groups is 1. The van der Waals surface area contributed by atoms with Crippen LogP contribution >= 0.6 is 0 Å². The second kappa shape index (κ2) is 6.65. The molecule has 2 aromatic carbocycles. The summed E-state index contributed by atoms with van der Waals surface area (Å²) in [5.41, 5.74) is 3.42. The monoisotopic (exact) mass is 363 g/mol. The van der Waals surface area contributed by atoms with Crippen LogP contribution < -0.4 is 9.47 Å². The minimum atomic E-state index is -0.215. The first-order chi connectivity index (χ1) is 13.3. The minimum absolute atomic E-state index is 0.104. The largest absolute Gasteiger partial charge is 0.454 e. The maximum Gasteiger partial charge on any atom is 0.410 e. The van der Waals surface area contributed by atoms with Gasteiger partial charge in [-0.1, -0.05) is 42.5 Å². The molecule has 0 saturated carbocycles. The van der Waals surface area contributed by atoms with E-state index in [4.69, 9.17) is 14.2 Å². The molecule has 5 rings (SSSR count). The van der Waals surface area contributed by atoms with Crippen LogP contribution in [0.15, 0.2) is 54.6 Å². The van der Waals surface area contributed by atoms with Crippen LogP contribution in [0.5, 0.6) is 11.5 Å². The molecule has 5 heteroatoms. The lowest BCUT2D eigenvalue weighted by molar-refractivity contribution is 0.0832. The molecule has 3 aliphatic rings. The molecule has 2 bridgehead atoms. The topological polar surface area (TPSA) is 48.0 Å². The Hall–Kier alpha value is -2.95. The van der Waals surface area contributed by atoms with Crippen molar-refractivity contribution in [2.75, 3.05) is 6.79 Å². The number of benzene rings is 2. The fraction of sp³-hybridized carbons (Fsp3) is 0.318. The summed E-state index contributed by atoms with van der Waals surface area (Å²) in [7, 11) is 0. The Kier molecular flexibility index (Phi) is 4.00. The first kappa shape index (κ1) is 16.2. The van der Waals surface area contributed by atoms with Gasteiger partial charge in [0.1, 0.15) is 6.61 Å². The molecule has 0 N–H and O–H groups in total. The maximum atomic E-state index is 12.7. The second-order valence-corrected chi connectivity index (χ2v) is 7.21. The van der Waals surface area contributed by atoms with Gasteiger partial charge in [-0.3, -0.25) is 4.90 Å². The van der Waals surface area contributed by atoms with E-state index in [-0.39, 0.29) is 25.0 Å². The summed E-state index contributed by atoms with van der Waals surface area (Å²) >= 11 is 0. The van der Waals surface area contributed by atoms with Crippen molar-refractivity contribution in [3.63, 3.8) is 0 Å². The summed E-state index contributed by atoms with van der Waals surface area (Å²) < 4.78 is 16.5. The van der Waals surface area contributed by atoms with Gasteiger partial charge >= 0.3 is 6.09 Å². The molecule has 1 saturated heterocycles. The fourth-order valence-corrected chi connectivity index (χ4v) is 4.22. The van der Waals surface area contributed by atoms with Gasteiger partial charge in [-0.05, 0) is 48.1 Å². The summed E-state index contributed by atoms with van der Waals surface area (Å²) in [6.07, 6.45) is 4.84. The third kappa shape index (κ3) is 3.03. The van der Waals surface area contributed by atoms with Crippen molar-refractivity contribution in [2.45, 2.75) is 38.0 Å². The lowest BCUT2D eigenvalue weighted by Gasteiger charge is -2.33. The van der Waals surface area contributed by atoms with Crippen molar-refractivity contribution < 1.29 is 19.0 Å². The van der Waals surface area contributed by atoms with Crippen LogP contribution in [0.2, 0.25) is 0 Å². The van der Waals surface area contributed by atoms with E-state index in [1.165, 1.54) is 5.57 Å². The third-order valence-electron chi connectivity index (χ3n) is 5.55. The van der Waals surface area contributed by atoms with E-state index in [2.05, 4.69) is 12.1 Å². The number of fused-ring (bicyclic) bond motifs is 3. The lowest BCUT2D eigenvalue weighted by atomic mass is 9.95. The Morgan fingerprint density at radius 2 is 1.93 bits per heavy atom. The molecule has 3 heterocycles. The number of hydrogen-bond donors (Lipinski definition) is 0. The van der Waals surface area contributed by atoms with Crippen molar-refractivity contribution in [2.24, 2.45) is 0 Å². The van der Waals surface area contributed by atoms with Gasteiger partial charge in [-0.15, -0.1) is 0 Å². The van der Waals surface area contributed by atoms with Gasteiger partial charge in [-0.2, -0.15) is 0 Å². The quantitative estimate of drug-likeness (QED) is 0.812. The van der Waals surface area contributed by atoms with Crippen LogP contribution in [-0.4, -0.2) is 29.9 Å². The van der Waals surface area contributed by atoms with E-state index in [1.54, 1.807) is 0 Å². The number of ether oxygens (including phenoxy) is 3. The first-order valence-corrected chi connectivity index (χ1v) is 9.38. The number of nitrogens with zero attached hydrogens (tertiary/aromatic N) is 1. The molecule has 27 heavy (non-hydrogen) atoms. The predicted molar refractivity (Wildman–Crippen MR) is 100 cm³/mol. The van der Waals surface area contributed by atoms with E-state index >= 15 is 0 Å². The molecule has 2 atom stereocenters. The van der Waals surface area contributed by atoms with Gasteiger partial charge in [-0.25, -0.2) is 4.79 Å². The van der Waals surface area contributed by atoms with Crippen LogP contribution in [0.1, 0.15) is 30.4 Å². The summed E-state index contributed by atoms with van der Waals surface area (Å²) in [4.78, 5) is 14.6. The van der Waals surface area contributed by atoms with E-state index in [0.717, 1.165) is 41.9 Å². The standard InChI is InChI=1S/C22H21NO4/c24-22(25-13-15-4-2-1-3-5-15)23-18-7-8-19(23)11-17(10-18)16-6-9-20-21(12-16)27-14-26-20/h1-6,9-10,12,18-19H,7-8,11,13-14H2. The van der Waals surface area contributed by atoms with Gasteiger partial charge in [0.25, 0.3) is 0 Å². The number of hydrogen-bond acceptors (Lipinski definition) is 4. The summed E-state index contributed by atoms with van der Waals surface area (Å²) in [6, 6.07) is 16.2. The Morgan fingerprint density at radius 3 is 2.78 bits per heavy atom. The van der Waals surface area contributed by atoms with E-state index in [0.29, 0.717) is 6.61 Å². The van der Waals surface area contributed by atoms with Gasteiger partial charge in [0, 0.05) is 6.04 Å². The number of amides is 1. The zero-order chi connectivity index (χ0) is 18.2. The highest BCUT2D eigenvalue weighted by Crippen LogP contribution is 2.41. The summed E-state index contributed by atoms with van der Waals surface area (Å²) in [5, 5.41) is 0. The number of carbonyl (C=O) groups excluding carboxylic acids is 1. The van der Waals surface area contributed by atoms with Gasteiger partial charge in [0.2, 0.25) is 6.79 Å². The Morgan fingerprint density at radius 1 is 1.07 bits per heavy atom. The molecule has 5 nitrogen and oxygen atoms in total. The molecule has 138 valence electrons. The molecule has 2 unspecified atom stereocenters. The average molecular weight is 363 g/mol. The van der Waals surface area contributed by atoms with Gasteiger partial charge in [0.15, 0.2) is 11.5 Å². The SMILES string of the molecule is O=C(OCc1ccccc1)N1C2C=C(c3ccc4c(c3)OCO4)CC1CC2. The summed E-state index contributed by atoms with van der Waals surface area (Å²) in [6.45, 7) is 0.596. The molecule has 0 aromatic heterocycles. The zero-order valence-corrected chi connectivity index (χ0v) is 15.0. The molecular weight excluding hydrogens is 342 g/mol. The molecule has 1 fully saturated rings. The fourth-order valence-electron chi connectivity index (χ4n) is 4.22. The smallest absolute Gasteiger partial charge is 0.410 e. The van der Waals surface area contributed by atoms with Crippen LogP contribution in [-0.2, 0) is 11.3 Å². The molecule has 1 amide bonds. The van der Waals surface area contributed by atoms with E-state index in [1.807, 2.05) is 47.4 Å². The zero-order valence-electron chi connectivity index (χ0n) is 15.0. The molecule has 2 aromatic rings. The first-order valence-electron chi connectivity index (χ1n) is 9.38. The van der Waals surface area contributed by atoms with Crippen LogP contribution in [0, 0.1) is 0 Å². The van der Waals surface area contributed by atoms with Crippen molar-refractivity contribution in [1.82, 2.24) is 4.90 Å². The van der Waals surface area contributed by atoms with E-state index < -0.39 is 0 Å². The Balaban J connectivity index is 1.31. The predicted octanol–water partition coefficient (Wildman–Crippen LogP) is 4.37. The van der Waals surface area contributed by atoms with Crippen molar-refractivity contribution >= 4 is 11.7 Å². The minimum Gasteiger partial charge on any atom is -0.454 e.